The van der Waals surface area contributed by atoms with Crippen LogP contribution in [0.2, 0.25) is 0 Å². The van der Waals surface area contributed by atoms with Gasteiger partial charge in [-0.05, 0) is 55.2 Å². The van der Waals surface area contributed by atoms with E-state index in [1.807, 2.05) is 13.8 Å². The Bertz CT molecular complexity index is 756. The smallest absolute Gasteiger partial charge is 0.190 e. The van der Waals surface area contributed by atoms with E-state index in [4.69, 9.17) is 0 Å². The molecule has 4 aliphatic carbocycles. The second-order valence-corrected chi connectivity index (χ2v) is 9.33. The van der Waals surface area contributed by atoms with Gasteiger partial charge in [-0.3, -0.25) is 9.59 Å². The zero-order chi connectivity index (χ0) is 19.8. The normalized spacial score (nSPS) is 51.3. The molecule has 4 N–H and O–H groups in total. The van der Waals surface area contributed by atoms with Gasteiger partial charge in [0.05, 0.1) is 12.2 Å². The van der Waals surface area contributed by atoms with E-state index in [2.05, 4.69) is 0 Å². The number of hydrogen-bond donors (Lipinski definition) is 4. The Labute approximate surface area is 158 Å². The first-order valence-electron chi connectivity index (χ1n) is 9.76. The number of fused-ring (bicyclic) bond motifs is 5. The van der Waals surface area contributed by atoms with Crippen LogP contribution in [0.25, 0.3) is 0 Å². The van der Waals surface area contributed by atoms with E-state index < -0.39 is 41.0 Å². The number of hydrogen-bond acceptors (Lipinski definition) is 6. The second kappa shape index (κ2) is 5.83. The van der Waals surface area contributed by atoms with Crippen molar-refractivity contribution in [3.63, 3.8) is 0 Å². The number of carbonyl (C=O) groups is 2. The van der Waals surface area contributed by atoms with Crippen LogP contribution in [-0.4, -0.2) is 56.4 Å². The predicted octanol–water partition coefficient (Wildman–Crippen LogP) is 0.528. The van der Waals surface area contributed by atoms with Gasteiger partial charge < -0.3 is 20.4 Å². The lowest BCUT2D eigenvalue weighted by molar-refractivity contribution is -0.182. The standard InChI is InChI=1S/C21H28O6/c1-19-5-3-11(23)7-14(19)15(24)8-12-13-4-6-21(27,17(26)10-22)20(13,2)9-16(25)18(12)19/h3,5,7,12-13,15-16,18,22,24-25,27H,4,6,8-10H2,1-2H3/t12-,13-,15-,16+,18+,19-,20-,21-/m0/s1. The van der Waals surface area contributed by atoms with Crippen molar-refractivity contribution in [3.05, 3.63) is 23.8 Å². The molecule has 8 atom stereocenters. The Kier molecular flexibility index (Phi) is 4.10. The Balaban J connectivity index is 1.78. The molecule has 148 valence electrons. The fourth-order valence-corrected chi connectivity index (χ4v) is 6.97. The molecule has 3 saturated carbocycles. The van der Waals surface area contributed by atoms with E-state index in [-0.39, 0.29) is 36.4 Å². The highest BCUT2D eigenvalue weighted by Gasteiger charge is 2.68. The van der Waals surface area contributed by atoms with Crippen molar-refractivity contribution in [2.75, 3.05) is 6.61 Å². The van der Waals surface area contributed by atoms with Crippen LogP contribution in [0.3, 0.4) is 0 Å². The van der Waals surface area contributed by atoms with Crippen molar-refractivity contribution < 1.29 is 30.0 Å². The molecule has 0 aromatic carbocycles. The predicted molar refractivity (Wildman–Crippen MR) is 96.4 cm³/mol. The lowest BCUT2D eigenvalue weighted by Gasteiger charge is -2.60. The van der Waals surface area contributed by atoms with Crippen LogP contribution in [0, 0.1) is 28.6 Å². The van der Waals surface area contributed by atoms with Gasteiger partial charge in [0, 0.05) is 16.7 Å². The SMILES string of the molecule is C[C@]12C=CC(=O)C=C1[C@@H](O)C[C@@H]1[C@@H]2[C@H](O)C[C@@]2(C)[C@H]1CC[C@]2(O)C(=O)CO. The molecule has 0 bridgehead atoms. The fourth-order valence-electron chi connectivity index (χ4n) is 6.97. The number of carbonyl (C=O) groups excluding carboxylic acids is 2. The number of aliphatic hydroxyl groups excluding tert-OH is 3. The van der Waals surface area contributed by atoms with Gasteiger partial charge in [-0.2, -0.15) is 0 Å². The third kappa shape index (κ3) is 2.27. The van der Waals surface area contributed by atoms with Gasteiger partial charge in [-0.1, -0.05) is 19.9 Å². The molecule has 0 radical (unpaired) electrons. The fraction of sp³-hybridized carbons (Fsp3) is 0.714. The summed E-state index contributed by atoms with van der Waals surface area (Å²) >= 11 is 0. The molecule has 0 heterocycles. The third-order valence-corrected chi connectivity index (χ3v) is 8.27. The molecule has 0 amide bonds. The zero-order valence-corrected chi connectivity index (χ0v) is 15.8. The van der Waals surface area contributed by atoms with Crippen molar-refractivity contribution >= 4 is 11.6 Å². The van der Waals surface area contributed by atoms with Crippen LogP contribution in [0.15, 0.2) is 23.8 Å². The highest BCUT2D eigenvalue weighted by molar-refractivity contribution is 6.01. The van der Waals surface area contributed by atoms with E-state index >= 15 is 0 Å². The van der Waals surface area contributed by atoms with E-state index in [9.17, 15) is 30.0 Å². The number of rotatable bonds is 2. The van der Waals surface area contributed by atoms with Crippen molar-refractivity contribution in [2.24, 2.45) is 28.6 Å². The number of aliphatic hydroxyl groups is 4. The topological polar surface area (TPSA) is 115 Å². The summed E-state index contributed by atoms with van der Waals surface area (Å²) in [6.45, 7) is 3.06. The van der Waals surface area contributed by atoms with Crippen molar-refractivity contribution in [1.29, 1.82) is 0 Å². The average molecular weight is 376 g/mol. The molecule has 4 rings (SSSR count). The minimum atomic E-state index is -1.65. The Hall–Kier alpha value is -1.34. The quantitative estimate of drug-likeness (QED) is 0.559. The Morgan fingerprint density at radius 2 is 2.00 bits per heavy atom. The number of ketones is 2. The van der Waals surface area contributed by atoms with E-state index in [1.54, 1.807) is 6.08 Å². The maximum Gasteiger partial charge on any atom is 0.190 e. The van der Waals surface area contributed by atoms with Crippen LogP contribution < -0.4 is 0 Å². The van der Waals surface area contributed by atoms with Crippen molar-refractivity contribution in [2.45, 2.75) is 57.3 Å². The molecule has 6 heteroatoms. The molecule has 0 spiro atoms. The maximum atomic E-state index is 12.4. The van der Waals surface area contributed by atoms with Crippen LogP contribution in [0.4, 0.5) is 0 Å². The Morgan fingerprint density at radius 1 is 1.30 bits per heavy atom. The van der Waals surface area contributed by atoms with E-state index in [1.165, 1.54) is 12.2 Å². The zero-order valence-electron chi connectivity index (χ0n) is 15.8. The highest BCUT2D eigenvalue weighted by Crippen LogP contribution is 2.67. The number of allylic oxidation sites excluding steroid dienone is 3. The molecule has 0 saturated heterocycles. The lowest BCUT2D eigenvalue weighted by atomic mass is 9.45. The largest absolute Gasteiger partial charge is 0.393 e. The third-order valence-electron chi connectivity index (χ3n) is 8.27. The van der Waals surface area contributed by atoms with Gasteiger partial charge in [-0.25, -0.2) is 0 Å². The maximum absolute atomic E-state index is 12.4. The highest BCUT2D eigenvalue weighted by atomic mass is 16.3. The van der Waals surface area contributed by atoms with Gasteiger partial charge in [0.2, 0.25) is 0 Å². The molecule has 0 aromatic heterocycles. The summed E-state index contributed by atoms with van der Waals surface area (Å²) in [6.07, 6.45) is 4.73. The molecule has 6 nitrogen and oxygen atoms in total. The molecule has 0 unspecified atom stereocenters. The summed E-state index contributed by atoms with van der Waals surface area (Å²) in [4.78, 5) is 24.2. The lowest BCUT2D eigenvalue weighted by Crippen LogP contribution is -2.63. The first-order valence-corrected chi connectivity index (χ1v) is 9.76. The van der Waals surface area contributed by atoms with Crippen LogP contribution in [0.5, 0.6) is 0 Å². The van der Waals surface area contributed by atoms with Crippen LogP contribution in [-0.2, 0) is 9.59 Å². The van der Waals surface area contributed by atoms with Crippen LogP contribution in [0.1, 0.15) is 39.5 Å². The molecule has 0 aliphatic heterocycles. The summed E-state index contributed by atoms with van der Waals surface area (Å²) in [7, 11) is 0. The molecular weight excluding hydrogens is 348 g/mol. The van der Waals surface area contributed by atoms with E-state index in [0.717, 1.165) is 0 Å². The first kappa shape index (κ1) is 19.0. The molecular formula is C21H28O6. The minimum Gasteiger partial charge on any atom is -0.393 e. The molecule has 3 fully saturated rings. The summed E-state index contributed by atoms with van der Waals surface area (Å²) < 4.78 is 0. The van der Waals surface area contributed by atoms with Gasteiger partial charge in [0.1, 0.15) is 12.2 Å². The summed E-state index contributed by atoms with van der Waals surface area (Å²) in [5.74, 6) is -1.08. The average Bonchev–Trinajstić information content (AvgIpc) is 2.87. The minimum absolute atomic E-state index is 0.0505. The van der Waals surface area contributed by atoms with Gasteiger partial charge >= 0.3 is 0 Å². The molecule has 4 aliphatic rings. The van der Waals surface area contributed by atoms with Crippen molar-refractivity contribution in [1.82, 2.24) is 0 Å². The van der Waals surface area contributed by atoms with E-state index in [0.29, 0.717) is 18.4 Å². The summed E-state index contributed by atoms with van der Waals surface area (Å²) in [5, 5.41) is 42.5. The second-order valence-electron chi connectivity index (χ2n) is 9.33. The summed E-state index contributed by atoms with van der Waals surface area (Å²) in [5.41, 5.74) is -2.48. The Morgan fingerprint density at radius 3 is 2.67 bits per heavy atom. The van der Waals surface area contributed by atoms with Gasteiger partial charge in [0.25, 0.3) is 0 Å². The number of Topliss-reactive ketones (excluding diaryl/α,β-unsaturated/α-hetero) is 1. The summed E-state index contributed by atoms with van der Waals surface area (Å²) in [6, 6.07) is 0. The molecule has 0 aromatic rings. The van der Waals surface area contributed by atoms with Gasteiger partial charge in [0.15, 0.2) is 11.6 Å². The van der Waals surface area contributed by atoms with Gasteiger partial charge in [-0.15, -0.1) is 0 Å². The van der Waals surface area contributed by atoms with Crippen molar-refractivity contribution in [3.8, 4) is 0 Å². The first-order chi connectivity index (χ1) is 12.6. The van der Waals surface area contributed by atoms with Crippen LogP contribution >= 0.6 is 0 Å². The monoisotopic (exact) mass is 376 g/mol. The molecule has 27 heavy (non-hydrogen) atoms.